The number of nitrogens with one attached hydrogen (secondary N) is 1. The van der Waals surface area contributed by atoms with Crippen LogP contribution in [0.5, 0.6) is 5.88 Å². The molecule has 0 aliphatic heterocycles. The monoisotopic (exact) mass is 280 g/mol. The maximum absolute atomic E-state index is 10.9. The summed E-state index contributed by atoms with van der Waals surface area (Å²) in [5.41, 5.74) is 4.12. The number of methoxy groups -OCH3 is 1. The van der Waals surface area contributed by atoms with Crippen molar-refractivity contribution in [2.75, 3.05) is 12.5 Å². The van der Waals surface area contributed by atoms with Crippen molar-refractivity contribution in [1.29, 1.82) is 0 Å². The summed E-state index contributed by atoms with van der Waals surface area (Å²) in [5.74, 6) is 0.432. The molecule has 0 saturated heterocycles. The van der Waals surface area contributed by atoms with Gasteiger partial charge in [-0.15, -0.1) is 0 Å². The lowest BCUT2D eigenvalue weighted by Gasteiger charge is -2.04. The maximum Gasteiger partial charge on any atom is 0.273 e. The van der Waals surface area contributed by atoms with E-state index in [1.165, 1.54) is 19.2 Å². The molecule has 7 nitrogen and oxygen atoms in total. The molecule has 1 N–H and O–H groups in total. The van der Waals surface area contributed by atoms with Gasteiger partial charge in [-0.05, 0) is 25.4 Å². The highest BCUT2D eigenvalue weighted by Gasteiger charge is 2.17. The zero-order valence-corrected chi connectivity index (χ0v) is 11.4. The van der Waals surface area contributed by atoms with E-state index in [-0.39, 0.29) is 5.69 Å². The van der Waals surface area contributed by atoms with E-state index < -0.39 is 4.92 Å². The SMILES string of the molecule is COc1nsc2cc([N+](=O)[O-])cc(NN=C(C)C)c12. The third-order valence-electron chi connectivity index (χ3n) is 2.33. The predicted octanol–water partition coefficient (Wildman–Crippen LogP) is 3.02. The highest BCUT2D eigenvalue weighted by molar-refractivity contribution is 7.13. The number of nitro benzene ring substituents is 1. The standard InChI is InChI=1S/C11H12N4O3S/c1-6(2)12-13-8-4-7(15(16)17)5-9-10(8)11(18-3)14-19-9/h4-5,13H,1-3H3. The lowest BCUT2D eigenvalue weighted by molar-refractivity contribution is -0.384. The van der Waals surface area contributed by atoms with Gasteiger partial charge >= 0.3 is 0 Å². The number of fused-ring (bicyclic) bond motifs is 1. The first-order valence-corrected chi connectivity index (χ1v) is 6.19. The van der Waals surface area contributed by atoms with Crippen LogP contribution in [0.25, 0.3) is 10.1 Å². The normalized spacial score (nSPS) is 10.3. The molecular formula is C11H12N4O3S. The summed E-state index contributed by atoms with van der Waals surface area (Å²) >= 11 is 1.15. The molecule has 1 heterocycles. The Hall–Kier alpha value is -2.22. The number of hydrogen-bond acceptors (Lipinski definition) is 7. The predicted molar refractivity (Wildman–Crippen MR) is 75.2 cm³/mol. The van der Waals surface area contributed by atoms with Gasteiger partial charge in [0, 0.05) is 17.8 Å². The summed E-state index contributed by atoms with van der Waals surface area (Å²) in [5, 5.41) is 15.7. The van der Waals surface area contributed by atoms with E-state index in [4.69, 9.17) is 4.74 Å². The number of aromatic nitrogens is 1. The van der Waals surface area contributed by atoms with Crippen molar-refractivity contribution >= 4 is 38.7 Å². The third-order valence-corrected chi connectivity index (χ3v) is 3.11. The van der Waals surface area contributed by atoms with Crippen LogP contribution in [0.15, 0.2) is 17.2 Å². The molecule has 0 aliphatic rings. The molecule has 0 spiro atoms. The second kappa shape index (κ2) is 5.19. The van der Waals surface area contributed by atoms with Crippen LogP contribution in [-0.4, -0.2) is 22.1 Å². The molecular weight excluding hydrogens is 268 g/mol. The average molecular weight is 280 g/mol. The summed E-state index contributed by atoms with van der Waals surface area (Å²) in [6.07, 6.45) is 0. The molecule has 1 aromatic heterocycles. The first-order valence-electron chi connectivity index (χ1n) is 5.41. The second-order valence-electron chi connectivity index (χ2n) is 3.99. The van der Waals surface area contributed by atoms with Crippen LogP contribution in [0, 0.1) is 10.1 Å². The quantitative estimate of drug-likeness (QED) is 0.528. The molecule has 19 heavy (non-hydrogen) atoms. The lowest BCUT2D eigenvalue weighted by Crippen LogP contribution is -1.96. The fourth-order valence-corrected chi connectivity index (χ4v) is 2.34. The summed E-state index contributed by atoms with van der Waals surface area (Å²) < 4.78 is 9.94. The third kappa shape index (κ3) is 2.63. The van der Waals surface area contributed by atoms with Gasteiger partial charge in [-0.3, -0.25) is 15.5 Å². The number of non-ortho nitro benzene ring substituents is 1. The zero-order valence-electron chi connectivity index (χ0n) is 10.6. The molecule has 0 amide bonds. The fourth-order valence-electron chi connectivity index (χ4n) is 1.53. The molecule has 0 fully saturated rings. The van der Waals surface area contributed by atoms with Crippen LogP contribution in [0.3, 0.4) is 0 Å². The Morgan fingerprint density at radius 2 is 2.26 bits per heavy atom. The molecule has 0 radical (unpaired) electrons. The Bertz CT molecular complexity index is 661. The van der Waals surface area contributed by atoms with Gasteiger partial charge in [-0.2, -0.15) is 9.47 Å². The van der Waals surface area contributed by atoms with Gasteiger partial charge in [-0.1, -0.05) is 0 Å². The molecule has 0 aliphatic carbocycles. The maximum atomic E-state index is 10.9. The number of benzene rings is 1. The minimum atomic E-state index is -0.445. The minimum Gasteiger partial charge on any atom is -0.480 e. The largest absolute Gasteiger partial charge is 0.480 e. The van der Waals surface area contributed by atoms with Crippen LogP contribution in [-0.2, 0) is 0 Å². The van der Waals surface area contributed by atoms with Crippen LogP contribution in [0.4, 0.5) is 11.4 Å². The fraction of sp³-hybridized carbons (Fsp3) is 0.273. The molecule has 0 bridgehead atoms. The Morgan fingerprint density at radius 3 is 2.84 bits per heavy atom. The van der Waals surface area contributed by atoms with Gasteiger partial charge in [-0.25, -0.2) is 0 Å². The van der Waals surface area contributed by atoms with Crippen molar-refractivity contribution in [3.63, 3.8) is 0 Å². The van der Waals surface area contributed by atoms with E-state index in [0.717, 1.165) is 17.2 Å². The summed E-state index contributed by atoms with van der Waals surface area (Å²) in [4.78, 5) is 10.5. The molecule has 2 aromatic rings. The van der Waals surface area contributed by atoms with E-state index >= 15 is 0 Å². The molecule has 1 aromatic carbocycles. The van der Waals surface area contributed by atoms with Gasteiger partial charge in [0.1, 0.15) is 0 Å². The van der Waals surface area contributed by atoms with Crippen molar-refractivity contribution in [2.45, 2.75) is 13.8 Å². The van der Waals surface area contributed by atoms with E-state index in [1.54, 1.807) is 0 Å². The molecule has 8 heteroatoms. The van der Waals surface area contributed by atoms with Gasteiger partial charge in [0.15, 0.2) is 0 Å². The van der Waals surface area contributed by atoms with Crippen molar-refractivity contribution < 1.29 is 9.66 Å². The van der Waals surface area contributed by atoms with Crippen LogP contribution in [0.2, 0.25) is 0 Å². The van der Waals surface area contributed by atoms with Crippen molar-refractivity contribution in [3.05, 3.63) is 22.2 Å². The average Bonchev–Trinajstić information content (AvgIpc) is 2.78. The number of anilines is 1. The first kappa shape index (κ1) is 13.2. The number of nitro groups is 1. The topological polar surface area (TPSA) is 89.7 Å². The number of ether oxygens (including phenoxy) is 1. The summed E-state index contributed by atoms with van der Waals surface area (Å²) in [6.45, 7) is 3.65. The van der Waals surface area contributed by atoms with Crippen molar-refractivity contribution in [3.8, 4) is 5.88 Å². The smallest absolute Gasteiger partial charge is 0.273 e. The number of hydrazone groups is 1. The van der Waals surface area contributed by atoms with Crippen molar-refractivity contribution in [2.24, 2.45) is 5.10 Å². The lowest BCUT2D eigenvalue weighted by atomic mass is 10.2. The Balaban J connectivity index is 2.64. The Labute approximate surface area is 113 Å². The molecule has 0 saturated carbocycles. The number of rotatable bonds is 4. The second-order valence-corrected chi connectivity index (χ2v) is 4.79. The molecule has 2 rings (SSSR count). The zero-order chi connectivity index (χ0) is 14.0. The molecule has 0 atom stereocenters. The molecule has 0 unspecified atom stereocenters. The van der Waals surface area contributed by atoms with Crippen LogP contribution < -0.4 is 10.2 Å². The Morgan fingerprint density at radius 1 is 1.53 bits per heavy atom. The molecule has 100 valence electrons. The van der Waals surface area contributed by atoms with E-state index in [0.29, 0.717) is 21.7 Å². The van der Waals surface area contributed by atoms with Gasteiger partial charge in [0.05, 0.1) is 27.8 Å². The summed E-state index contributed by atoms with van der Waals surface area (Å²) in [6, 6.07) is 2.90. The van der Waals surface area contributed by atoms with E-state index in [2.05, 4.69) is 14.9 Å². The minimum absolute atomic E-state index is 0.00902. The highest BCUT2D eigenvalue weighted by atomic mass is 32.1. The van der Waals surface area contributed by atoms with Gasteiger partial charge < -0.3 is 4.74 Å². The number of nitrogens with zero attached hydrogens (tertiary/aromatic N) is 3. The van der Waals surface area contributed by atoms with Crippen LogP contribution >= 0.6 is 11.5 Å². The summed E-state index contributed by atoms with van der Waals surface area (Å²) in [7, 11) is 1.51. The van der Waals surface area contributed by atoms with Crippen LogP contribution in [0.1, 0.15) is 13.8 Å². The van der Waals surface area contributed by atoms with Crippen molar-refractivity contribution in [1.82, 2.24) is 4.37 Å². The first-order chi connectivity index (χ1) is 9.02. The van der Waals surface area contributed by atoms with E-state index in [1.807, 2.05) is 13.8 Å². The number of hydrogen-bond donors (Lipinski definition) is 1. The highest BCUT2D eigenvalue weighted by Crippen LogP contribution is 2.38. The van der Waals surface area contributed by atoms with Gasteiger partial charge in [0.2, 0.25) is 5.88 Å². The van der Waals surface area contributed by atoms with E-state index in [9.17, 15) is 10.1 Å². The van der Waals surface area contributed by atoms with Gasteiger partial charge in [0.25, 0.3) is 5.69 Å². The Kier molecular flexibility index (Phi) is 3.61.